The number of aromatic nitrogens is 1. The number of rotatable bonds is 5. The first-order valence-corrected chi connectivity index (χ1v) is 7.48. The highest BCUT2D eigenvalue weighted by molar-refractivity contribution is 6.06. The Hall–Kier alpha value is -2.50. The van der Waals surface area contributed by atoms with Gasteiger partial charge in [-0.1, -0.05) is 32.0 Å². The van der Waals surface area contributed by atoms with Gasteiger partial charge in [0.2, 0.25) is 0 Å². The number of hydrogen-bond donors (Lipinski definition) is 4. The van der Waals surface area contributed by atoms with E-state index in [-0.39, 0.29) is 5.91 Å². The van der Waals surface area contributed by atoms with Crippen LogP contribution in [0.1, 0.15) is 37.0 Å². The van der Waals surface area contributed by atoms with E-state index in [9.17, 15) is 9.59 Å². The molecule has 1 aromatic carbocycles. The fraction of sp³-hybridized carbons (Fsp3) is 0.375. The van der Waals surface area contributed by atoms with Crippen LogP contribution in [-0.2, 0) is 0 Å². The van der Waals surface area contributed by atoms with Crippen LogP contribution >= 0.6 is 0 Å². The Kier molecular flexibility index (Phi) is 5.41. The minimum atomic E-state index is -0.406. The molecule has 0 bridgehead atoms. The normalized spacial score (nSPS) is 10.7. The fourth-order valence-corrected chi connectivity index (χ4v) is 2.20. The van der Waals surface area contributed by atoms with Crippen molar-refractivity contribution in [1.82, 2.24) is 21.2 Å². The van der Waals surface area contributed by atoms with E-state index in [0.29, 0.717) is 18.0 Å². The van der Waals surface area contributed by atoms with Crippen LogP contribution in [-0.4, -0.2) is 23.5 Å². The molecule has 0 unspecified atom stereocenters. The highest BCUT2D eigenvalue weighted by Gasteiger charge is 2.12. The molecular formula is C16H22N4O2. The van der Waals surface area contributed by atoms with E-state index >= 15 is 0 Å². The number of para-hydroxylation sites is 1. The first-order chi connectivity index (χ1) is 10.6. The number of benzene rings is 1. The van der Waals surface area contributed by atoms with Gasteiger partial charge in [-0.05, 0) is 24.8 Å². The zero-order valence-corrected chi connectivity index (χ0v) is 12.9. The first-order valence-electron chi connectivity index (χ1n) is 7.48. The minimum absolute atomic E-state index is 0.352. The molecule has 0 aliphatic heterocycles. The molecule has 0 atom stereocenters. The highest BCUT2D eigenvalue weighted by atomic mass is 16.2. The molecule has 3 amide bonds. The minimum Gasteiger partial charge on any atom is -0.360 e. The summed E-state index contributed by atoms with van der Waals surface area (Å²) in [6.07, 6.45) is 3.60. The summed E-state index contributed by atoms with van der Waals surface area (Å²) in [5.74, 6) is 0.265. The maximum Gasteiger partial charge on any atom is 0.333 e. The Morgan fingerprint density at radius 1 is 1.18 bits per heavy atom. The van der Waals surface area contributed by atoms with Gasteiger partial charge in [0.05, 0.1) is 5.56 Å². The van der Waals surface area contributed by atoms with Crippen LogP contribution in [0.2, 0.25) is 0 Å². The van der Waals surface area contributed by atoms with E-state index in [0.717, 1.165) is 23.7 Å². The summed E-state index contributed by atoms with van der Waals surface area (Å²) in [6, 6.07) is 7.09. The molecule has 118 valence electrons. The lowest BCUT2D eigenvalue weighted by molar-refractivity contribution is 0.0938. The van der Waals surface area contributed by atoms with Crippen molar-refractivity contribution in [2.75, 3.05) is 6.54 Å². The van der Waals surface area contributed by atoms with Crippen LogP contribution in [0, 0.1) is 5.92 Å². The molecule has 6 heteroatoms. The Morgan fingerprint density at radius 2 is 1.95 bits per heavy atom. The predicted molar refractivity (Wildman–Crippen MR) is 86.4 cm³/mol. The SMILES string of the molecule is CC(C)CCCNC(=O)NNC(=O)c1c[nH]c2ccccc12. The maximum atomic E-state index is 12.1. The predicted octanol–water partition coefficient (Wildman–Crippen LogP) is 2.55. The smallest absolute Gasteiger partial charge is 0.333 e. The summed E-state index contributed by atoms with van der Waals surface area (Å²) in [6.45, 7) is 4.87. The zero-order chi connectivity index (χ0) is 15.9. The Labute approximate surface area is 129 Å². The van der Waals surface area contributed by atoms with E-state index < -0.39 is 6.03 Å². The van der Waals surface area contributed by atoms with Crippen molar-refractivity contribution in [1.29, 1.82) is 0 Å². The van der Waals surface area contributed by atoms with Crippen LogP contribution < -0.4 is 16.2 Å². The van der Waals surface area contributed by atoms with Crippen LogP contribution in [0.15, 0.2) is 30.5 Å². The first kappa shape index (κ1) is 15.9. The summed E-state index contributed by atoms with van der Waals surface area (Å²) >= 11 is 0. The van der Waals surface area contributed by atoms with E-state index in [4.69, 9.17) is 0 Å². The number of carbonyl (C=O) groups is 2. The van der Waals surface area contributed by atoms with E-state index in [2.05, 4.69) is 35.0 Å². The standard InChI is InChI=1S/C16H22N4O2/c1-11(2)6-5-9-17-16(22)20-19-15(21)13-10-18-14-8-4-3-7-12(13)14/h3-4,7-8,10-11,18H,5-6,9H2,1-2H3,(H,19,21)(H2,17,20,22). The van der Waals surface area contributed by atoms with Gasteiger partial charge in [-0.3, -0.25) is 10.2 Å². The molecule has 0 fully saturated rings. The second kappa shape index (κ2) is 7.49. The molecule has 1 aromatic heterocycles. The molecular weight excluding hydrogens is 280 g/mol. The van der Waals surface area contributed by atoms with Crippen molar-refractivity contribution in [3.8, 4) is 0 Å². The van der Waals surface area contributed by atoms with E-state index in [1.807, 2.05) is 24.3 Å². The van der Waals surface area contributed by atoms with Gasteiger partial charge in [0.25, 0.3) is 5.91 Å². The van der Waals surface area contributed by atoms with Crippen LogP contribution in [0.25, 0.3) is 10.9 Å². The van der Waals surface area contributed by atoms with Crippen molar-refractivity contribution in [2.45, 2.75) is 26.7 Å². The van der Waals surface area contributed by atoms with Gasteiger partial charge >= 0.3 is 6.03 Å². The third-order valence-corrected chi connectivity index (χ3v) is 3.37. The Morgan fingerprint density at radius 3 is 2.73 bits per heavy atom. The lowest BCUT2D eigenvalue weighted by atomic mass is 10.1. The van der Waals surface area contributed by atoms with Gasteiger partial charge in [-0.15, -0.1) is 0 Å². The molecule has 0 radical (unpaired) electrons. The zero-order valence-electron chi connectivity index (χ0n) is 12.9. The topological polar surface area (TPSA) is 86.0 Å². The summed E-state index contributed by atoms with van der Waals surface area (Å²) < 4.78 is 0. The largest absolute Gasteiger partial charge is 0.360 e. The number of amides is 3. The molecule has 1 heterocycles. The number of hydrazine groups is 1. The number of urea groups is 1. The van der Waals surface area contributed by atoms with Gasteiger partial charge in [0.15, 0.2) is 0 Å². The van der Waals surface area contributed by atoms with Crippen LogP contribution in [0.4, 0.5) is 4.79 Å². The second-order valence-corrected chi connectivity index (χ2v) is 5.62. The average Bonchev–Trinajstić information content (AvgIpc) is 2.93. The molecule has 0 aliphatic carbocycles. The van der Waals surface area contributed by atoms with Gasteiger partial charge in [-0.2, -0.15) is 0 Å². The van der Waals surface area contributed by atoms with Gasteiger partial charge in [0.1, 0.15) is 0 Å². The summed E-state index contributed by atoms with van der Waals surface area (Å²) in [5, 5.41) is 3.52. The van der Waals surface area contributed by atoms with Crippen LogP contribution in [0.5, 0.6) is 0 Å². The maximum absolute atomic E-state index is 12.1. The average molecular weight is 302 g/mol. The molecule has 2 aromatic rings. The number of fused-ring (bicyclic) bond motifs is 1. The quantitative estimate of drug-likeness (QED) is 0.505. The lowest BCUT2D eigenvalue weighted by Crippen LogP contribution is -2.47. The number of carbonyl (C=O) groups excluding carboxylic acids is 2. The fourth-order valence-electron chi connectivity index (χ4n) is 2.20. The molecule has 4 N–H and O–H groups in total. The summed E-state index contributed by atoms with van der Waals surface area (Å²) in [5.41, 5.74) is 6.14. The van der Waals surface area contributed by atoms with E-state index in [1.165, 1.54) is 0 Å². The Bertz CT molecular complexity index is 648. The molecule has 0 aliphatic rings. The van der Waals surface area contributed by atoms with E-state index in [1.54, 1.807) is 6.20 Å². The second-order valence-electron chi connectivity index (χ2n) is 5.62. The molecule has 0 spiro atoms. The third-order valence-electron chi connectivity index (χ3n) is 3.37. The van der Waals surface area contributed by atoms with Crippen molar-refractivity contribution in [3.05, 3.63) is 36.0 Å². The number of aromatic amines is 1. The molecule has 22 heavy (non-hydrogen) atoms. The lowest BCUT2D eigenvalue weighted by Gasteiger charge is -2.09. The number of hydrogen-bond acceptors (Lipinski definition) is 2. The Balaban J connectivity index is 1.79. The highest BCUT2D eigenvalue weighted by Crippen LogP contribution is 2.16. The molecule has 0 saturated heterocycles. The van der Waals surface area contributed by atoms with Gasteiger partial charge in [0, 0.05) is 23.6 Å². The molecule has 2 rings (SSSR count). The molecule has 6 nitrogen and oxygen atoms in total. The van der Waals surface area contributed by atoms with Crippen molar-refractivity contribution < 1.29 is 9.59 Å². The monoisotopic (exact) mass is 302 g/mol. The summed E-state index contributed by atoms with van der Waals surface area (Å²) in [4.78, 5) is 26.7. The van der Waals surface area contributed by atoms with Gasteiger partial charge < -0.3 is 10.3 Å². The van der Waals surface area contributed by atoms with Crippen molar-refractivity contribution in [3.63, 3.8) is 0 Å². The van der Waals surface area contributed by atoms with Gasteiger partial charge in [-0.25, -0.2) is 10.2 Å². The molecule has 0 saturated carbocycles. The summed E-state index contributed by atoms with van der Waals surface area (Å²) in [7, 11) is 0. The van der Waals surface area contributed by atoms with Crippen molar-refractivity contribution in [2.24, 2.45) is 5.92 Å². The number of H-pyrrole nitrogens is 1. The number of nitrogens with one attached hydrogen (secondary N) is 4. The van der Waals surface area contributed by atoms with Crippen molar-refractivity contribution >= 4 is 22.8 Å². The third kappa shape index (κ3) is 4.25. The van der Waals surface area contributed by atoms with Crippen LogP contribution in [0.3, 0.4) is 0 Å².